The van der Waals surface area contributed by atoms with Gasteiger partial charge in [0.2, 0.25) is 0 Å². The van der Waals surface area contributed by atoms with E-state index in [2.05, 4.69) is 27.2 Å². The Labute approximate surface area is 138 Å². The van der Waals surface area contributed by atoms with Crippen molar-refractivity contribution in [2.45, 2.75) is 39.7 Å². The smallest absolute Gasteiger partial charge is 0.194 e. The number of aromatic nitrogens is 1. The average Bonchev–Trinajstić information content (AvgIpc) is 3.29. The number of rotatable bonds is 6. The van der Waals surface area contributed by atoms with Crippen LogP contribution in [0, 0.1) is 12.8 Å². The number of aryl methyl sites for hydroxylation is 1. The number of nitrogens with zero attached hydrogens (tertiary/aromatic N) is 4. The van der Waals surface area contributed by atoms with Crippen molar-refractivity contribution in [3.8, 4) is 0 Å². The molecule has 1 aliphatic carbocycles. The summed E-state index contributed by atoms with van der Waals surface area (Å²) in [5.74, 6) is 2.92. The molecule has 0 radical (unpaired) electrons. The molecule has 0 spiro atoms. The van der Waals surface area contributed by atoms with E-state index in [1.165, 1.54) is 19.3 Å². The molecular weight excluding hydrogens is 290 g/mol. The standard InChI is InChI=1S/C17H29N5O/c1-3-18-17(19-7-6-15-4-5-15)22-10-8-21(9-11-22)13-16-12-14(2)23-20-16/h12,15H,3-11,13H2,1-2H3,(H,18,19). The molecule has 2 fully saturated rings. The third kappa shape index (κ3) is 4.96. The van der Waals surface area contributed by atoms with Crippen molar-refractivity contribution in [1.82, 2.24) is 20.3 Å². The second-order valence-electron chi connectivity index (χ2n) is 6.66. The fraction of sp³-hybridized carbons (Fsp3) is 0.765. The molecule has 6 heteroatoms. The van der Waals surface area contributed by atoms with Gasteiger partial charge in [0, 0.05) is 51.9 Å². The van der Waals surface area contributed by atoms with E-state index in [-0.39, 0.29) is 0 Å². The molecule has 128 valence electrons. The Bertz CT molecular complexity index is 515. The lowest BCUT2D eigenvalue weighted by Crippen LogP contribution is -2.52. The maximum Gasteiger partial charge on any atom is 0.194 e. The first-order valence-corrected chi connectivity index (χ1v) is 8.92. The summed E-state index contributed by atoms with van der Waals surface area (Å²) in [6.07, 6.45) is 4.07. The van der Waals surface area contributed by atoms with E-state index in [0.29, 0.717) is 0 Å². The molecule has 2 heterocycles. The van der Waals surface area contributed by atoms with Gasteiger partial charge in [0.05, 0.1) is 5.69 Å². The zero-order valence-electron chi connectivity index (χ0n) is 14.4. The van der Waals surface area contributed by atoms with E-state index in [1.54, 1.807) is 0 Å². The first-order valence-electron chi connectivity index (χ1n) is 8.92. The van der Waals surface area contributed by atoms with E-state index in [0.717, 1.165) is 69.1 Å². The van der Waals surface area contributed by atoms with Crippen molar-refractivity contribution < 1.29 is 4.52 Å². The van der Waals surface area contributed by atoms with Gasteiger partial charge in [-0.25, -0.2) is 0 Å². The normalized spacial score (nSPS) is 20.1. The number of hydrogen-bond acceptors (Lipinski definition) is 4. The Balaban J connectivity index is 1.46. The van der Waals surface area contributed by atoms with Gasteiger partial charge in [-0.05, 0) is 26.2 Å². The summed E-state index contributed by atoms with van der Waals surface area (Å²) in [4.78, 5) is 9.64. The van der Waals surface area contributed by atoms with Gasteiger partial charge < -0.3 is 14.7 Å². The minimum atomic E-state index is 0.876. The highest BCUT2D eigenvalue weighted by molar-refractivity contribution is 5.80. The molecule has 2 aliphatic rings. The van der Waals surface area contributed by atoms with Crippen LogP contribution in [0.15, 0.2) is 15.6 Å². The highest BCUT2D eigenvalue weighted by Gasteiger charge is 2.22. The quantitative estimate of drug-likeness (QED) is 0.641. The third-order valence-corrected chi connectivity index (χ3v) is 4.56. The maximum absolute atomic E-state index is 5.15. The van der Waals surface area contributed by atoms with Gasteiger partial charge in [-0.2, -0.15) is 0 Å². The van der Waals surface area contributed by atoms with E-state index in [9.17, 15) is 0 Å². The molecule has 1 aromatic heterocycles. The van der Waals surface area contributed by atoms with E-state index >= 15 is 0 Å². The second kappa shape index (κ2) is 7.81. The SMILES string of the molecule is CCNC(=NCCC1CC1)N1CCN(Cc2cc(C)on2)CC1. The van der Waals surface area contributed by atoms with Crippen LogP contribution >= 0.6 is 0 Å². The Kier molecular flexibility index (Phi) is 5.54. The summed E-state index contributed by atoms with van der Waals surface area (Å²) in [6, 6.07) is 2.02. The van der Waals surface area contributed by atoms with Crippen molar-refractivity contribution in [3.05, 3.63) is 17.5 Å². The number of aliphatic imine (C=N–C) groups is 1. The summed E-state index contributed by atoms with van der Waals surface area (Å²) in [7, 11) is 0. The summed E-state index contributed by atoms with van der Waals surface area (Å²) >= 11 is 0. The minimum absolute atomic E-state index is 0.876. The van der Waals surface area contributed by atoms with Crippen molar-refractivity contribution in [2.24, 2.45) is 10.9 Å². The fourth-order valence-electron chi connectivity index (χ4n) is 3.02. The van der Waals surface area contributed by atoms with Crippen LogP contribution in [0.4, 0.5) is 0 Å². The van der Waals surface area contributed by atoms with Gasteiger partial charge in [0.15, 0.2) is 5.96 Å². The molecule has 23 heavy (non-hydrogen) atoms. The van der Waals surface area contributed by atoms with Crippen LogP contribution in [0.25, 0.3) is 0 Å². The summed E-state index contributed by atoms with van der Waals surface area (Å²) < 4.78 is 5.15. The second-order valence-corrected chi connectivity index (χ2v) is 6.66. The molecule has 1 saturated carbocycles. The number of hydrogen-bond donors (Lipinski definition) is 1. The minimum Gasteiger partial charge on any atom is -0.361 e. The molecule has 0 bridgehead atoms. The monoisotopic (exact) mass is 319 g/mol. The lowest BCUT2D eigenvalue weighted by atomic mass is 10.3. The maximum atomic E-state index is 5.15. The molecule has 1 aromatic rings. The molecular formula is C17H29N5O. The lowest BCUT2D eigenvalue weighted by molar-refractivity contribution is 0.169. The predicted octanol–water partition coefficient (Wildman–Crippen LogP) is 1.87. The summed E-state index contributed by atoms with van der Waals surface area (Å²) in [6.45, 7) is 11.0. The van der Waals surface area contributed by atoms with Crippen molar-refractivity contribution in [3.63, 3.8) is 0 Å². The number of guanidine groups is 1. The Morgan fingerprint density at radius 3 is 2.74 bits per heavy atom. The molecule has 0 unspecified atom stereocenters. The van der Waals surface area contributed by atoms with Crippen LogP contribution < -0.4 is 5.32 Å². The highest BCUT2D eigenvalue weighted by Crippen LogP contribution is 2.32. The van der Waals surface area contributed by atoms with Crippen LogP contribution in [0.1, 0.15) is 37.6 Å². The first-order chi connectivity index (χ1) is 11.2. The lowest BCUT2D eigenvalue weighted by Gasteiger charge is -2.36. The van der Waals surface area contributed by atoms with Gasteiger partial charge >= 0.3 is 0 Å². The molecule has 0 amide bonds. The fourth-order valence-corrected chi connectivity index (χ4v) is 3.02. The molecule has 1 N–H and O–H groups in total. The van der Waals surface area contributed by atoms with Crippen molar-refractivity contribution >= 4 is 5.96 Å². The van der Waals surface area contributed by atoms with Crippen molar-refractivity contribution in [2.75, 3.05) is 39.3 Å². The number of nitrogens with one attached hydrogen (secondary N) is 1. The van der Waals surface area contributed by atoms with E-state index < -0.39 is 0 Å². The Morgan fingerprint density at radius 2 is 2.13 bits per heavy atom. The topological polar surface area (TPSA) is 56.9 Å². The van der Waals surface area contributed by atoms with Crippen LogP contribution in [0.2, 0.25) is 0 Å². The molecule has 0 atom stereocenters. The highest BCUT2D eigenvalue weighted by atomic mass is 16.5. The summed E-state index contributed by atoms with van der Waals surface area (Å²) in [5, 5.41) is 7.53. The Morgan fingerprint density at radius 1 is 1.35 bits per heavy atom. The predicted molar refractivity (Wildman–Crippen MR) is 91.4 cm³/mol. The van der Waals surface area contributed by atoms with Gasteiger partial charge in [-0.3, -0.25) is 9.89 Å². The van der Waals surface area contributed by atoms with Crippen LogP contribution in [-0.2, 0) is 6.54 Å². The zero-order chi connectivity index (χ0) is 16.1. The molecule has 1 aliphatic heterocycles. The first kappa shape index (κ1) is 16.3. The van der Waals surface area contributed by atoms with Gasteiger partial charge in [-0.15, -0.1) is 0 Å². The zero-order valence-corrected chi connectivity index (χ0v) is 14.4. The van der Waals surface area contributed by atoms with Crippen LogP contribution in [0.5, 0.6) is 0 Å². The summed E-state index contributed by atoms with van der Waals surface area (Å²) in [5.41, 5.74) is 1.03. The van der Waals surface area contributed by atoms with Gasteiger partial charge in [-0.1, -0.05) is 18.0 Å². The van der Waals surface area contributed by atoms with Crippen molar-refractivity contribution in [1.29, 1.82) is 0 Å². The van der Waals surface area contributed by atoms with Crippen LogP contribution in [-0.4, -0.2) is 60.2 Å². The van der Waals surface area contributed by atoms with Crippen LogP contribution in [0.3, 0.4) is 0 Å². The van der Waals surface area contributed by atoms with E-state index in [1.807, 2.05) is 13.0 Å². The van der Waals surface area contributed by atoms with Gasteiger partial charge in [0.1, 0.15) is 5.76 Å². The average molecular weight is 319 g/mol. The van der Waals surface area contributed by atoms with E-state index in [4.69, 9.17) is 9.52 Å². The molecule has 6 nitrogen and oxygen atoms in total. The third-order valence-electron chi connectivity index (χ3n) is 4.56. The number of piperazine rings is 1. The Hall–Kier alpha value is -1.56. The van der Waals surface area contributed by atoms with Gasteiger partial charge in [0.25, 0.3) is 0 Å². The molecule has 0 aromatic carbocycles. The molecule has 3 rings (SSSR count). The molecule has 1 saturated heterocycles. The largest absolute Gasteiger partial charge is 0.361 e.